The lowest BCUT2D eigenvalue weighted by atomic mass is 10.2. The molecule has 1 aliphatic rings. The van der Waals surface area contributed by atoms with Gasteiger partial charge in [0, 0.05) is 52.7 Å². The number of aromatic nitrogens is 1. The van der Waals surface area contributed by atoms with E-state index in [-0.39, 0.29) is 5.91 Å². The molecule has 0 bridgehead atoms. The van der Waals surface area contributed by atoms with Gasteiger partial charge in [-0.2, -0.15) is 17.0 Å². The van der Waals surface area contributed by atoms with Gasteiger partial charge in [-0.15, -0.1) is 0 Å². The van der Waals surface area contributed by atoms with Crippen LogP contribution in [-0.4, -0.2) is 73.1 Å². The Balaban J connectivity index is 1.96. The highest BCUT2D eigenvalue weighted by molar-refractivity contribution is 7.86. The predicted molar refractivity (Wildman–Crippen MR) is 79.9 cm³/mol. The second-order valence-electron chi connectivity index (χ2n) is 5.32. The van der Waals surface area contributed by atoms with Crippen LogP contribution >= 0.6 is 0 Å². The van der Waals surface area contributed by atoms with E-state index in [0.29, 0.717) is 39.0 Å². The summed E-state index contributed by atoms with van der Waals surface area (Å²) in [5.41, 5.74) is 0.946. The van der Waals surface area contributed by atoms with Crippen molar-refractivity contribution in [2.75, 3.05) is 40.3 Å². The molecule has 118 valence electrons. The molecular formula is C13H22N4O3S. The van der Waals surface area contributed by atoms with Crippen molar-refractivity contribution in [1.29, 1.82) is 0 Å². The lowest BCUT2D eigenvalue weighted by Crippen LogP contribution is -2.42. The summed E-state index contributed by atoms with van der Waals surface area (Å²) in [5, 5.41) is 0. The van der Waals surface area contributed by atoms with Crippen molar-refractivity contribution in [2.24, 2.45) is 0 Å². The molecule has 2 heterocycles. The number of nitrogens with one attached hydrogen (secondary N) is 1. The van der Waals surface area contributed by atoms with E-state index in [1.807, 2.05) is 6.07 Å². The number of amides is 1. The van der Waals surface area contributed by atoms with Crippen LogP contribution in [0.1, 0.15) is 12.0 Å². The van der Waals surface area contributed by atoms with Gasteiger partial charge < -0.3 is 9.88 Å². The van der Waals surface area contributed by atoms with Crippen molar-refractivity contribution in [2.45, 2.75) is 12.8 Å². The van der Waals surface area contributed by atoms with Crippen LogP contribution in [-0.2, 0) is 21.4 Å². The Morgan fingerprint density at radius 2 is 2.05 bits per heavy atom. The Hall–Kier alpha value is -1.38. The summed E-state index contributed by atoms with van der Waals surface area (Å²) in [6.07, 6.45) is 4.60. The first-order valence-electron chi connectivity index (χ1n) is 6.98. The van der Waals surface area contributed by atoms with E-state index in [2.05, 4.69) is 4.98 Å². The smallest absolute Gasteiger partial charge is 0.281 e. The molecule has 0 aliphatic carbocycles. The van der Waals surface area contributed by atoms with Crippen LogP contribution in [0.5, 0.6) is 0 Å². The maximum absolute atomic E-state index is 12.2. The van der Waals surface area contributed by atoms with Gasteiger partial charge in [0.2, 0.25) is 5.91 Å². The van der Waals surface area contributed by atoms with Gasteiger partial charge in [0.15, 0.2) is 0 Å². The minimum absolute atomic E-state index is 0.0405. The van der Waals surface area contributed by atoms with Gasteiger partial charge in [0.1, 0.15) is 0 Å². The quantitative estimate of drug-likeness (QED) is 0.843. The highest BCUT2D eigenvalue weighted by Crippen LogP contribution is 2.11. The molecule has 1 aromatic rings. The van der Waals surface area contributed by atoms with Crippen molar-refractivity contribution in [1.82, 2.24) is 18.5 Å². The molecule has 1 amide bonds. The number of rotatable bonds is 4. The molecule has 0 aromatic carbocycles. The lowest BCUT2D eigenvalue weighted by Gasteiger charge is -2.24. The zero-order valence-electron chi connectivity index (χ0n) is 12.4. The number of H-pyrrole nitrogens is 1. The first kappa shape index (κ1) is 16.0. The predicted octanol–water partition coefficient (Wildman–Crippen LogP) is -0.102. The number of carbonyl (C=O) groups excluding carboxylic acids is 1. The molecular weight excluding hydrogens is 292 g/mol. The molecule has 7 nitrogen and oxygen atoms in total. The summed E-state index contributed by atoms with van der Waals surface area (Å²) < 4.78 is 26.9. The van der Waals surface area contributed by atoms with Gasteiger partial charge in [0.05, 0.1) is 6.42 Å². The van der Waals surface area contributed by atoms with Crippen LogP contribution in [0.25, 0.3) is 0 Å². The summed E-state index contributed by atoms with van der Waals surface area (Å²) in [6, 6.07) is 1.87. The molecule has 21 heavy (non-hydrogen) atoms. The van der Waals surface area contributed by atoms with Gasteiger partial charge in [-0.05, 0) is 18.1 Å². The van der Waals surface area contributed by atoms with Gasteiger partial charge in [-0.3, -0.25) is 4.79 Å². The number of aromatic amines is 1. The second-order valence-corrected chi connectivity index (χ2v) is 7.46. The SMILES string of the molecule is CN(C)S(=O)(=O)N1CCCN(C(=O)Cc2cc[nH]c2)CC1. The molecule has 1 saturated heterocycles. The Bertz CT molecular complexity index is 568. The molecule has 1 aliphatic heterocycles. The molecule has 8 heteroatoms. The number of hydrogen-bond acceptors (Lipinski definition) is 3. The molecule has 0 radical (unpaired) electrons. The molecule has 1 fully saturated rings. The number of carbonyl (C=O) groups is 1. The fourth-order valence-corrected chi connectivity index (χ4v) is 3.49. The van der Waals surface area contributed by atoms with E-state index in [1.54, 1.807) is 17.3 Å². The summed E-state index contributed by atoms with van der Waals surface area (Å²) in [4.78, 5) is 16.9. The maximum Gasteiger partial charge on any atom is 0.281 e. The molecule has 0 spiro atoms. The monoisotopic (exact) mass is 314 g/mol. The average Bonchev–Trinajstić information content (AvgIpc) is 2.79. The van der Waals surface area contributed by atoms with Crippen LogP contribution in [0, 0.1) is 0 Å². The van der Waals surface area contributed by atoms with Crippen molar-refractivity contribution >= 4 is 16.1 Å². The first-order valence-corrected chi connectivity index (χ1v) is 8.38. The normalized spacial score (nSPS) is 18.0. The van der Waals surface area contributed by atoms with Gasteiger partial charge >= 0.3 is 0 Å². The second kappa shape index (κ2) is 6.59. The number of hydrogen-bond donors (Lipinski definition) is 1. The van der Waals surface area contributed by atoms with E-state index in [4.69, 9.17) is 0 Å². The van der Waals surface area contributed by atoms with Crippen LogP contribution in [0.15, 0.2) is 18.5 Å². The summed E-state index contributed by atoms with van der Waals surface area (Å²) >= 11 is 0. The van der Waals surface area contributed by atoms with E-state index in [0.717, 1.165) is 5.56 Å². The van der Waals surface area contributed by atoms with Gasteiger partial charge in [-0.1, -0.05) is 0 Å². The fraction of sp³-hybridized carbons (Fsp3) is 0.615. The van der Waals surface area contributed by atoms with E-state index in [9.17, 15) is 13.2 Å². The zero-order valence-corrected chi connectivity index (χ0v) is 13.3. The Kier molecular flexibility index (Phi) is 5.02. The molecule has 2 rings (SSSR count). The summed E-state index contributed by atoms with van der Waals surface area (Å²) in [7, 11) is -0.353. The summed E-state index contributed by atoms with van der Waals surface area (Å²) in [6.45, 7) is 1.84. The van der Waals surface area contributed by atoms with Crippen LogP contribution in [0.4, 0.5) is 0 Å². The van der Waals surface area contributed by atoms with Crippen molar-refractivity contribution in [3.05, 3.63) is 24.0 Å². The summed E-state index contributed by atoms with van der Waals surface area (Å²) in [5.74, 6) is 0.0405. The maximum atomic E-state index is 12.2. The Labute approximate surface area is 125 Å². The van der Waals surface area contributed by atoms with Gasteiger partial charge in [-0.25, -0.2) is 0 Å². The molecule has 1 aromatic heterocycles. The van der Waals surface area contributed by atoms with Crippen LogP contribution in [0.2, 0.25) is 0 Å². The third-order valence-electron chi connectivity index (χ3n) is 3.61. The molecule has 0 unspecified atom stereocenters. The first-order chi connectivity index (χ1) is 9.91. The Morgan fingerprint density at radius 3 is 2.67 bits per heavy atom. The van der Waals surface area contributed by atoms with Gasteiger partial charge in [0.25, 0.3) is 10.2 Å². The highest BCUT2D eigenvalue weighted by atomic mass is 32.2. The van der Waals surface area contributed by atoms with E-state index in [1.165, 1.54) is 22.7 Å². The minimum atomic E-state index is -3.40. The Morgan fingerprint density at radius 1 is 1.29 bits per heavy atom. The lowest BCUT2D eigenvalue weighted by molar-refractivity contribution is -0.130. The van der Waals surface area contributed by atoms with Crippen molar-refractivity contribution < 1.29 is 13.2 Å². The zero-order chi connectivity index (χ0) is 15.5. The van der Waals surface area contributed by atoms with Crippen molar-refractivity contribution in [3.8, 4) is 0 Å². The number of nitrogens with zero attached hydrogens (tertiary/aromatic N) is 3. The molecule has 0 saturated carbocycles. The topological polar surface area (TPSA) is 76.7 Å². The van der Waals surface area contributed by atoms with Crippen LogP contribution in [0.3, 0.4) is 0 Å². The molecule has 0 atom stereocenters. The van der Waals surface area contributed by atoms with E-state index < -0.39 is 10.2 Å². The van der Waals surface area contributed by atoms with Crippen LogP contribution < -0.4 is 0 Å². The average molecular weight is 314 g/mol. The van der Waals surface area contributed by atoms with Crippen molar-refractivity contribution in [3.63, 3.8) is 0 Å². The molecule has 1 N–H and O–H groups in total. The van der Waals surface area contributed by atoms with E-state index >= 15 is 0 Å². The highest BCUT2D eigenvalue weighted by Gasteiger charge is 2.28. The minimum Gasteiger partial charge on any atom is -0.367 e. The third-order valence-corrected chi connectivity index (χ3v) is 5.55. The fourth-order valence-electron chi connectivity index (χ4n) is 2.36. The standard InChI is InChI=1S/C13H22N4O3S/c1-15(2)21(19,20)17-7-3-6-16(8-9-17)13(18)10-12-4-5-14-11-12/h4-5,11,14H,3,6-10H2,1-2H3. The largest absolute Gasteiger partial charge is 0.367 e. The third kappa shape index (κ3) is 3.84.